The molecule has 1 aromatic heterocycles. The number of carbonyl (C=O) groups is 2. The van der Waals surface area contributed by atoms with Gasteiger partial charge >= 0.3 is 0 Å². The van der Waals surface area contributed by atoms with E-state index in [4.69, 9.17) is 17.3 Å². The van der Waals surface area contributed by atoms with Crippen molar-refractivity contribution < 1.29 is 9.59 Å². The van der Waals surface area contributed by atoms with Gasteiger partial charge in [-0.3, -0.25) is 14.3 Å². The summed E-state index contributed by atoms with van der Waals surface area (Å²) in [5.41, 5.74) is 6.85. The van der Waals surface area contributed by atoms with Crippen LogP contribution in [0.1, 0.15) is 35.3 Å². The number of hydrogen-bond acceptors (Lipinski definition) is 3. The van der Waals surface area contributed by atoms with Crippen molar-refractivity contribution in [2.24, 2.45) is 11.7 Å². The van der Waals surface area contributed by atoms with Gasteiger partial charge in [-0.05, 0) is 37.0 Å². The smallest absolute Gasteiger partial charge is 0.271 e. The number of aryl methyl sites for hydroxylation is 1. The highest BCUT2D eigenvalue weighted by Crippen LogP contribution is 2.48. The number of halogens is 1. The number of amides is 2. The zero-order valence-corrected chi connectivity index (χ0v) is 13.4. The molecule has 0 aliphatic heterocycles. The van der Waals surface area contributed by atoms with Crippen LogP contribution in [0.5, 0.6) is 0 Å². The molecule has 3 rings (SSSR count). The SMILES string of the molecule is CCn1cc(NC(=O)C2CC2c2ccc(Cl)cc2)c(C(N)=O)n1. The Morgan fingerprint density at radius 3 is 2.70 bits per heavy atom. The predicted octanol–water partition coefficient (Wildman–Crippen LogP) is 2.40. The fourth-order valence-electron chi connectivity index (χ4n) is 2.65. The molecule has 2 atom stereocenters. The molecule has 0 saturated heterocycles. The minimum absolute atomic E-state index is 0.0869. The summed E-state index contributed by atoms with van der Waals surface area (Å²) >= 11 is 5.87. The first-order valence-electron chi connectivity index (χ1n) is 7.43. The normalized spacial score (nSPS) is 19.4. The first kappa shape index (κ1) is 15.6. The number of rotatable bonds is 5. The second kappa shape index (κ2) is 6.04. The number of nitrogens with zero attached hydrogens (tertiary/aromatic N) is 2. The minimum Gasteiger partial charge on any atom is -0.364 e. The molecule has 1 saturated carbocycles. The lowest BCUT2D eigenvalue weighted by Gasteiger charge is -2.04. The van der Waals surface area contributed by atoms with Crippen LogP contribution in [0.3, 0.4) is 0 Å². The Balaban J connectivity index is 1.70. The third-order valence-electron chi connectivity index (χ3n) is 4.00. The Labute approximate surface area is 138 Å². The molecule has 120 valence electrons. The highest BCUT2D eigenvalue weighted by Gasteiger charge is 2.44. The van der Waals surface area contributed by atoms with Gasteiger partial charge in [0.05, 0.1) is 5.69 Å². The fourth-order valence-corrected chi connectivity index (χ4v) is 2.77. The van der Waals surface area contributed by atoms with Gasteiger partial charge in [0.1, 0.15) is 0 Å². The maximum absolute atomic E-state index is 12.4. The van der Waals surface area contributed by atoms with Crippen molar-refractivity contribution in [3.05, 3.63) is 46.7 Å². The number of hydrogen-bond donors (Lipinski definition) is 2. The second-order valence-corrected chi connectivity index (χ2v) is 6.04. The standard InChI is InChI=1S/C16H17ClN4O2/c1-2-21-8-13(14(20-21)15(18)22)19-16(23)12-7-11(12)9-3-5-10(17)6-4-9/h3-6,8,11-12H,2,7H2,1H3,(H2,18,22)(H,19,23). The Hall–Kier alpha value is -2.34. The van der Waals surface area contributed by atoms with E-state index < -0.39 is 5.91 Å². The monoisotopic (exact) mass is 332 g/mol. The number of carbonyl (C=O) groups excluding carboxylic acids is 2. The molecule has 0 radical (unpaired) electrons. The maximum atomic E-state index is 12.4. The number of anilines is 1. The number of nitrogens with two attached hydrogens (primary N) is 1. The molecule has 0 bridgehead atoms. The topological polar surface area (TPSA) is 90.0 Å². The summed E-state index contributed by atoms with van der Waals surface area (Å²) in [5.74, 6) is -0.701. The lowest BCUT2D eigenvalue weighted by molar-refractivity contribution is -0.117. The van der Waals surface area contributed by atoms with Crippen molar-refractivity contribution in [1.82, 2.24) is 9.78 Å². The fraction of sp³-hybridized carbons (Fsp3) is 0.312. The average molecular weight is 333 g/mol. The first-order chi connectivity index (χ1) is 11.0. The Morgan fingerprint density at radius 1 is 1.39 bits per heavy atom. The van der Waals surface area contributed by atoms with E-state index in [-0.39, 0.29) is 23.4 Å². The van der Waals surface area contributed by atoms with Gasteiger partial charge in [0.2, 0.25) is 5.91 Å². The van der Waals surface area contributed by atoms with Gasteiger partial charge < -0.3 is 11.1 Å². The average Bonchev–Trinajstić information content (AvgIpc) is 3.22. The summed E-state index contributed by atoms with van der Waals surface area (Å²) in [7, 11) is 0. The number of nitrogens with one attached hydrogen (secondary N) is 1. The highest BCUT2D eigenvalue weighted by atomic mass is 35.5. The lowest BCUT2D eigenvalue weighted by Crippen LogP contribution is -2.19. The molecule has 1 heterocycles. The predicted molar refractivity (Wildman–Crippen MR) is 87.3 cm³/mol. The van der Waals surface area contributed by atoms with Gasteiger partial charge in [0.15, 0.2) is 5.69 Å². The molecule has 3 N–H and O–H groups in total. The van der Waals surface area contributed by atoms with Crippen LogP contribution in [0, 0.1) is 5.92 Å². The first-order valence-corrected chi connectivity index (χ1v) is 7.81. The van der Waals surface area contributed by atoms with E-state index in [9.17, 15) is 9.59 Å². The summed E-state index contributed by atoms with van der Waals surface area (Å²) in [6.45, 7) is 2.48. The van der Waals surface area contributed by atoms with E-state index in [1.165, 1.54) is 0 Å². The van der Waals surface area contributed by atoms with E-state index >= 15 is 0 Å². The van der Waals surface area contributed by atoms with Gasteiger partial charge in [-0.15, -0.1) is 0 Å². The molecule has 1 aliphatic rings. The van der Waals surface area contributed by atoms with Crippen molar-refractivity contribution in [1.29, 1.82) is 0 Å². The van der Waals surface area contributed by atoms with Crippen LogP contribution in [0.25, 0.3) is 0 Å². The van der Waals surface area contributed by atoms with E-state index in [2.05, 4.69) is 10.4 Å². The molecule has 0 spiro atoms. The van der Waals surface area contributed by atoms with Crippen molar-refractivity contribution in [3.63, 3.8) is 0 Å². The summed E-state index contributed by atoms with van der Waals surface area (Å²) < 4.78 is 1.57. The molecule has 23 heavy (non-hydrogen) atoms. The van der Waals surface area contributed by atoms with Gasteiger partial charge in [-0.1, -0.05) is 23.7 Å². The van der Waals surface area contributed by atoms with Gasteiger partial charge in [0, 0.05) is 23.7 Å². The molecule has 1 aliphatic carbocycles. The Bertz CT molecular complexity index is 754. The van der Waals surface area contributed by atoms with Crippen LogP contribution >= 0.6 is 11.6 Å². The zero-order chi connectivity index (χ0) is 16.6. The molecular weight excluding hydrogens is 316 g/mol. The van der Waals surface area contributed by atoms with Gasteiger partial charge in [-0.2, -0.15) is 5.10 Å². The van der Waals surface area contributed by atoms with Crippen molar-refractivity contribution in [3.8, 4) is 0 Å². The Kier molecular flexibility index (Phi) is 4.09. The van der Waals surface area contributed by atoms with Gasteiger partial charge in [-0.25, -0.2) is 0 Å². The zero-order valence-electron chi connectivity index (χ0n) is 12.6. The molecule has 2 unspecified atom stereocenters. The minimum atomic E-state index is -0.655. The van der Waals surface area contributed by atoms with Crippen LogP contribution < -0.4 is 11.1 Å². The van der Waals surface area contributed by atoms with Crippen LogP contribution in [-0.2, 0) is 11.3 Å². The van der Waals surface area contributed by atoms with Crippen molar-refractivity contribution >= 4 is 29.1 Å². The van der Waals surface area contributed by atoms with E-state index in [1.54, 1.807) is 10.9 Å². The molecule has 1 fully saturated rings. The lowest BCUT2D eigenvalue weighted by atomic mass is 10.1. The highest BCUT2D eigenvalue weighted by molar-refractivity contribution is 6.30. The number of aromatic nitrogens is 2. The molecule has 6 nitrogen and oxygen atoms in total. The Morgan fingerprint density at radius 2 is 2.09 bits per heavy atom. The van der Waals surface area contributed by atoms with Crippen LogP contribution in [0.15, 0.2) is 30.5 Å². The van der Waals surface area contributed by atoms with E-state index in [0.717, 1.165) is 12.0 Å². The van der Waals surface area contributed by atoms with Crippen molar-refractivity contribution in [2.45, 2.75) is 25.8 Å². The quantitative estimate of drug-likeness (QED) is 0.880. The molecule has 2 amide bonds. The van der Waals surface area contributed by atoms with Crippen LogP contribution in [-0.4, -0.2) is 21.6 Å². The van der Waals surface area contributed by atoms with E-state index in [1.807, 2.05) is 31.2 Å². The summed E-state index contributed by atoms with van der Waals surface area (Å²) in [6.07, 6.45) is 2.40. The van der Waals surface area contributed by atoms with Crippen LogP contribution in [0.4, 0.5) is 5.69 Å². The molecule has 1 aromatic carbocycles. The van der Waals surface area contributed by atoms with Crippen LogP contribution in [0.2, 0.25) is 5.02 Å². The third-order valence-corrected chi connectivity index (χ3v) is 4.25. The summed E-state index contributed by atoms with van der Waals surface area (Å²) in [5, 5.41) is 7.51. The number of benzene rings is 1. The molecular formula is C16H17ClN4O2. The largest absolute Gasteiger partial charge is 0.364 e. The van der Waals surface area contributed by atoms with E-state index in [0.29, 0.717) is 17.3 Å². The summed E-state index contributed by atoms with van der Waals surface area (Å²) in [4.78, 5) is 23.8. The summed E-state index contributed by atoms with van der Waals surface area (Å²) in [6, 6.07) is 7.51. The van der Waals surface area contributed by atoms with Crippen molar-refractivity contribution in [2.75, 3.05) is 5.32 Å². The molecule has 7 heteroatoms. The third kappa shape index (κ3) is 3.22. The maximum Gasteiger partial charge on any atom is 0.271 e. The van der Waals surface area contributed by atoms with Gasteiger partial charge in [0.25, 0.3) is 5.91 Å². The molecule has 2 aromatic rings. The second-order valence-electron chi connectivity index (χ2n) is 5.60. The number of primary amides is 1.